The van der Waals surface area contributed by atoms with Crippen LogP contribution < -0.4 is 10.1 Å². The molecule has 0 saturated heterocycles. The zero-order chi connectivity index (χ0) is 19.1. The fraction of sp³-hybridized carbons (Fsp3) is 0.174. The maximum Gasteiger partial charge on any atom is 0.224 e. The first-order valence-electron chi connectivity index (χ1n) is 8.86. The first-order chi connectivity index (χ1) is 13.1. The Morgan fingerprint density at radius 1 is 0.926 bits per heavy atom. The minimum absolute atomic E-state index is 0.0517. The highest BCUT2D eigenvalue weighted by Gasteiger charge is 2.16. The van der Waals surface area contributed by atoms with Gasteiger partial charge in [-0.05, 0) is 47.4 Å². The summed E-state index contributed by atoms with van der Waals surface area (Å²) < 4.78 is 18.4. The topological polar surface area (TPSA) is 38.3 Å². The highest BCUT2D eigenvalue weighted by Crippen LogP contribution is 2.22. The zero-order valence-corrected chi connectivity index (χ0v) is 15.2. The molecule has 27 heavy (non-hydrogen) atoms. The van der Waals surface area contributed by atoms with Crippen molar-refractivity contribution < 1.29 is 13.9 Å². The quantitative estimate of drug-likeness (QED) is 0.672. The van der Waals surface area contributed by atoms with E-state index in [-0.39, 0.29) is 17.8 Å². The van der Waals surface area contributed by atoms with Gasteiger partial charge in [0.15, 0.2) is 0 Å². The van der Waals surface area contributed by atoms with Crippen molar-refractivity contribution in [3.05, 3.63) is 101 Å². The number of carbonyl (C=O) groups is 1. The van der Waals surface area contributed by atoms with Crippen LogP contribution >= 0.6 is 0 Å². The molecule has 0 aromatic heterocycles. The van der Waals surface area contributed by atoms with Crippen molar-refractivity contribution >= 4 is 5.91 Å². The molecule has 0 radical (unpaired) electrons. The lowest BCUT2D eigenvalue weighted by atomic mass is 9.98. The Labute approximate surface area is 158 Å². The van der Waals surface area contributed by atoms with Crippen LogP contribution in [0.2, 0.25) is 0 Å². The van der Waals surface area contributed by atoms with Crippen molar-refractivity contribution in [3.63, 3.8) is 0 Å². The van der Waals surface area contributed by atoms with Gasteiger partial charge in [0.05, 0.1) is 19.6 Å². The van der Waals surface area contributed by atoms with Gasteiger partial charge in [-0.15, -0.1) is 0 Å². The van der Waals surface area contributed by atoms with Crippen molar-refractivity contribution in [3.8, 4) is 5.75 Å². The number of benzene rings is 3. The molecule has 1 atom stereocenters. The molecule has 1 unspecified atom stereocenters. The van der Waals surface area contributed by atoms with Crippen molar-refractivity contribution in [2.45, 2.75) is 18.9 Å². The molecule has 3 aromatic rings. The van der Waals surface area contributed by atoms with E-state index in [2.05, 4.69) is 5.32 Å². The lowest BCUT2D eigenvalue weighted by Crippen LogP contribution is -2.31. The molecule has 3 rings (SSSR count). The molecule has 0 saturated carbocycles. The average molecular weight is 363 g/mol. The predicted octanol–water partition coefficient (Wildman–Crippen LogP) is 4.48. The van der Waals surface area contributed by atoms with E-state index >= 15 is 0 Å². The fourth-order valence-corrected chi connectivity index (χ4v) is 2.97. The third-order valence-electron chi connectivity index (χ3n) is 4.41. The Morgan fingerprint density at radius 3 is 2.22 bits per heavy atom. The summed E-state index contributed by atoms with van der Waals surface area (Å²) in [5.41, 5.74) is 2.89. The highest BCUT2D eigenvalue weighted by molar-refractivity contribution is 5.79. The van der Waals surface area contributed by atoms with E-state index < -0.39 is 0 Å². The first kappa shape index (κ1) is 18.6. The van der Waals surface area contributed by atoms with E-state index in [9.17, 15) is 9.18 Å². The normalized spacial score (nSPS) is 11.6. The van der Waals surface area contributed by atoms with Gasteiger partial charge in [0.2, 0.25) is 5.91 Å². The van der Waals surface area contributed by atoms with Crippen molar-refractivity contribution in [2.75, 3.05) is 7.11 Å². The minimum atomic E-state index is -0.270. The van der Waals surface area contributed by atoms with Gasteiger partial charge in [0.1, 0.15) is 11.6 Å². The predicted molar refractivity (Wildman–Crippen MR) is 104 cm³/mol. The number of ether oxygens (including phenoxy) is 1. The number of carbonyl (C=O) groups excluding carboxylic acids is 1. The van der Waals surface area contributed by atoms with E-state index in [1.165, 1.54) is 12.1 Å². The maximum atomic E-state index is 13.2. The van der Waals surface area contributed by atoms with Gasteiger partial charge in [-0.25, -0.2) is 4.39 Å². The van der Waals surface area contributed by atoms with Crippen LogP contribution in [0.4, 0.5) is 4.39 Å². The molecule has 0 fully saturated rings. The number of nitrogens with one attached hydrogen (secondary N) is 1. The number of rotatable bonds is 7. The molecular formula is C23H22FNO2. The van der Waals surface area contributed by atoms with Gasteiger partial charge in [-0.3, -0.25) is 4.79 Å². The van der Waals surface area contributed by atoms with E-state index in [1.807, 2.05) is 54.6 Å². The van der Waals surface area contributed by atoms with Gasteiger partial charge in [0.25, 0.3) is 0 Å². The molecule has 0 heterocycles. The number of methoxy groups -OCH3 is 1. The zero-order valence-electron chi connectivity index (χ0n) is 15.2. The second-order valence-corrected chi connectivity index (χ2v) is 6.39. The van der Waals surface area contributed by atoms with Crippen LogP contribution in [0.3, 0.4) is 0 Å². The van der Waals surface area contributed by atoms with Crippen LogP contribution in [0.5, 0.6) is 5.75 Å². The maximum absolute atomic E-state index is 13.2. The summed E-state index contributed by atoms with van der Waals surface area (Å²) in [7, 11) is 1.62. The summed E-state index contributed by atoms with van der Waals surface area (Å²) in [6, 6.07) is 23.4. The van der Waals surface area contributed by atoms with Gasteiger partial charge in [0, 0.05) is 0 Å². The highest BCUT2D eigenvalue weighted by atomic mass is 19.1. The molecule has 1 N–H and O–H groups in total. The van der Waals surface area contributed by atoms with Crippen LogP contribution in [0, 0.1) is 5.82 Å². The van der Waals surface area contributed by atoms with Crippen LogP contribution in [0.25, 0.3) is 0 Å². The second kappa shape index (κ2) is 8.99. The number of amides is 1. The SMILES string of the molecule is COc1ccc(C(Cc2ccc(F)cc2)NC(=O)Cc2ccccc2)cc1. The van der Waals surface area contributed by atoms with Gasteiger partial charge >= 0.3 is 0 Å². The van der Waals surface area contributed by atoms with Gasteiger partial charge in [-0.2, -0.15) is 0 Å². The Balaban J connectivity index is 1.77. The Morgan fingerprint density at radius 2 is 1.59 bits per heavy atom. The molecule has 138 valence electrons. The summed E-state index contributed by atoms with van der Waals surface area (Å²) in [6.45, 7) is 0. The minimum Gasteiger partial charge on any atom is -0.497 e. The molecular weight excluding hydrogens is 341 g/mol. The summed E-state index contributed by atoms with van der Waals surface area (Å²) >= 11 is 0. The summed E-state index contributed by atoms with van der Waals surface area (Å²) in [5, 5.41) is 3.11. The van der Waals surface area contributed by atoms with E-state index in [0.29, 0.717) is 12.8 Å². The molecule has 3 aromatic carbocycles. The van der Waals surface area contributed by atoms with E-state index in [4.69, 9.17) is 4.74 Å². The van der Waals surface area contributed by atoms with Crippen LogP contribution in [0.1, 0.15) is 22.7 Å². The summed E-state index contributed by atoms with van der Waals surface area (Å²) in [4.78, 5) is 12.6. The molecule has 0 spiro atoms. The van der Waals surface area contributed by atoms with Crippen LogP contribution in [-0.2, 0) is 17.6 Å². The average Bonchev–Trinajstić information content (AvgIpc) is 2.70. The number of hydrogen-bond acceptors (Lipinski definition) is 2. The molecule has 0 bridgehead atoms. The lowest BCUT2D eigenvalue weighted by molar-refractivity contribution is -0.121. The third kappa shape index (κ3) is 5.42. The fourth-order valence-electron chi connectivity index (χ4n) is 2.97. The summed E-state index contributed by atoms with van der Waals surface area (Å²) in [5.74, 6) is 0.437. The van der Waals surface area contributed by atoms with Gasteiger partial charge < -0.3 is 10.1 Å². The van der Waals surface area contributed by atoms with Crippen LogP contribution in [-0.4, -0.2) is 13.0 Å². The second-order valence-electron chi connectivity index (χ2n) is 6.39. The molecule has 3 nitrogen and oxygen atoms in total. The molecule has 4 heteroatoms. The van der Waals surface area contributed by atoms with Gasteiger partial charge in [-0.1, -0.05) is 54.6 Å². The standard InChI is InChI=1S/C23H22FNO2/c1-27-21-13-9-19(10-14-21)22(15-18-7-11-20(24)12-8-18)25-23(26)16-17-5-3-2-4-6-17/h2-14,22H,15-16H2,1H3,(H,25,26). The van der Waals surface area contributed by atoms with Crippen molar-refractivity contribution in [2.24, 2.45) is 0 Å². The molecule has 0 aliphatic rings. The van der Waals surface area contributed by atoms with Crippen LogP contribution in [0.15, 0.2) is 78.9 Å². The number of hydrogen-bond donors (Lipinski definition) is 1. The first-order valence-corrected chi connectivity index (χ1v) is 8.86. The van der Waals surface area contributed by atoms with Crippen molar-refractivity contribution in [1.82, 2.24) is 5.32 Å². The number of halogens is 1. The smallest absolute Gasteiger partial charge is 0.224 e. The van der Waals surface area contributed by atoms with Crippen molar-refractivity contribution in [1.29, 1.82) is 0 Å². The van der Waals surface area contributed by atoms with E-state index in [1.54, 1.807) is 19.2 Å². The Bertz CT molecular complexity index is 861. The molecule has 0 aliphatic heterocycles. The molecule has 0 aliphatic carbocycles. The lowest BCUT2D eigenvalue weighted by Gasteiger charge is -2.20. The van der Waals surface area contributed by atoms with E-state index in [0.717, 1.165) is 22.4 Å². The monoisotopic (exact) mass is 363 g/mol. The Hall–Kier alpha value is -3.14. The Kier molecular flexibility index (Phi) is 6.21. The summed E-state index contributed by atoms with van der Waals surface area (Å²) in [6.07, 6.45) is 0.893. The molecule has 1 amide bonds. The third-order valence-corrected chi connectivity index (χ3v) is 4.41. The largest absolute Gasteiger partial charge is 0.497 e.